The lowest BCUT2D eigenvalue weighted by molar-refractivity contribution is 0.596. The van der Waals surface area contributed by atoms with Crippen LogP contribution < -0.4 is 0 Å². The lowest BCUT2D eigenvalue weighted by Gasteiger charge is -2.11. The zero-order valence-corrected chi connectivity index (χ0v) is 12.3. The largest absolute Gasteiger partial charge is 0.367 e. The molecule has 0 bridgehead atoms. The summed E-state index contributed by atoms with van der Waals surface area (Å²) in [4.78, 5) is 4.36. The molecule has 0 fully saturated rings. The second-order valence-corrected chi connectivity index (χ2v) is 6.35. The minimum Gasteiger partial charge on any atom is -0.367 e. The topological polar surface area (TPSA) is 44.5 Å². The number of thioether (sulfide) groups is 1. The zero-order chi connectivity index (χ0) is 14.2. The summed E-state index contributed by atoms with van der Waals surface area (Å²) in [6.45, 7) is 6.74. The van der Waals surface area contributed by atoms with E-state index in [-0.39, 0.29) is 5.41 Å². The molecule has 3 rings (SSSR count). The SMILES string of the molecule is C=CCSc1cc2n(c1-c1cc[nH]c1)CCC2(C)C#N. The van der Waals surface area contributed by atoms with Gasteiger partial charge in [0.1, 0.15) is 0 Å². The van der Waals surface area contributed by atoms with Crippen molar-refractivity contribution in [2.75, 3.05) is 5.75 Å². The molecule has 1 aliphatic rings. The second-order valence-electron chi connectivity index (χ2n) is 5.29. The number of nitriles is 1. The number of aromatic nitrogens is 2. The van der Waals surface area contributed by atoms with E-state index < -0.39 is 0 Å². The van der Waals surface area contributed by atoms with Crippen molar-refractivity contribution < 1.29 is 0 Å². The van der Waals surface area contributed by atoms with Gasteiger partial charge in [0.2, 0.25) is 0 Å². The highest BCUT2D eigenvalue weighted by molar-refractivity contribution is 7.99. The third-order valence-electron chi connectivity index (χ3n) is 3.94. The van der Waals surface area contributed by atoms with Crippen molar-refractivity contribution in [1.82, 2.24) is 9.55 Å². The number of aromatic amines is 1. The van der Waals surface area contributed by atoms with Gasteiger partial charge in [0.25, 0.3) is 0 Å². The number of rotatable bonds is 4. The smallest absolute Gasteiger partial charge is 0.0962 e. The average Bonchev–Trinajstić information content (AvgIpc) is 3.14. The van der Waals surface area contributed by atoms with E-state index in [0.717, 1.165) is 24.4 Å². The number of fused-ring (bicyclic) bond motifs is 1. The van der Waals surface area contributed by atoms with Gasteiger partial charge in [-0.1, -0.05) is 6.08 Å². The Hall–Kier alpha value is -1.86. The lowest BCUT2D eigenvalue weighted by atomic mass is 9.88. The molecule has 3 heterocycles. The van der Waals surface area contributed by atoms with Crippen molar-refractivity contribution in [3.63, 3.8) is 0 Å². The summed E-state index contributed by atoms with van der Waals surface area (Å²) in [5.74, 6) is 0.879. The Bertz CT molecular complexity index is 675. The Balaban J connectivity index is 2.15. The molecule has 1 atom stereocenters. The van der Waals surface area contributed by atoms with Gasteiger partial charge >= 0.3 is 0 Å². The number of H-pyrrole nitrogens is 1. The Morgan fingerprint density at radius 3 is 3.15 bits per heavy atom. The molecule has 2 aromatic rings. The molecular weight excluding hydrogens is 266 g/mol. The molecule has 0 aromatic carbocycles. The molecular formula is C16H17N3S. The first-order valence-corrected chi connectivity index (χ1v) is 7.70. The first-order valence-electron chi connectivity index (χ1n) is 6.72. The maximum absolute atomic E-state index is 9.49. The summed E-state index contributed by atoms with van der Waals surface area (Å²) in [5.41, 5.74) is 3.19. The van der Waals surface area contributed by atoms with E-state index in [4.69, 9.17) is 0 Å². The molecule has 3 nitrogen and oxygen atoms in total. The minimum atomic E-state index is -0.363. The highest BCUT2D eigenvalue weighted by atomic mass is 32.2. The van der Waals surface area contributed by atoms with Gasteiger partial charge in [0.05, 0.1) is 17.2 Å². The van der Waals surface area contributed by atoms with E-state index in [1.54, 1.807) is 11.8 Å². The van der Waals surface area contributed by atoms with Gasteiger partial charge in [0, 0.05) is 40.8 Å². The molecule has 0 saturated carbocycles. The summed E-state index contributed by atoms with van der Waals surface area (Å²) in [5, 5.41) is 9.49. The van der Waals surface area contributed by atoms with Crippen LogP contribution in [0.15, 0.2) is 42.1 Å². The molecule has 20 heavy (non-hydrogen) atoms. The molecule has 1 N–H and O–H groups in total. The maximum atomic E-state index is 9.49. The molecule has 1 aliphatic heterocycles. The first kappa shape index (κ1) is 13.1. The van der Waals surface area contributed by atoms with Crippen LogP contribution in [0.5, 0.6) is 0 Å². The fraction of sp³-hybridized carbons (Fsp3) is 0.312. The molecule has 1 unspecified atom stereocenters. The van der Waals surface area contributed by atoms with Gasteiger partial charge in [-0.15, -0.1) is 18.3 Å². The van der Waals surface area contributed by atoms with Crippen molar-refractivity contribution >= 4 is 11.8 Å². The van der Waals surface area contributed by atoms with Gasteiger partial charge < -0.3 is 9.55 Å². The predicted octanol–water partition coefficient (Wildman–Crippen LogP) is 3.95. The van der Waals surface area contributed by atoms with Crippen molar-refractivity contribution in [2.24, 2.45) is 0 Å². The quantitative estimate of drug-likeness (QED) is 0.682. The maximum Gasteiger partial charge on any atom is 0.0962 e. The number of hydrogen-bond acceptors (Lipinski definition) is 2. The van der Waals surface area contributed by atoms with Crippen molar-refractivity contribution in [3.05, 3.63) is 42.9 Å². The molecule has 0 aliphatic carbocycles. The fourth-order valence-corrected chi connectivity index (χ4v) is 3.68. The number of nitrogens with one attached hydrogen (secondary N) is 1. The highest BCUT2D eigenvalue weighted by Crippen LogP contribution is 2.44. The molecule has 4 heteroatoms. The van der Waals surface area contributed by atoms with Gasteiger partial charge in [-0.05, 0) is 25.5 Å². The highest BCUT2D eigenvalue weighted by Gasteiger charge is 2.37. The van der Waals surface area contributed by atoms with Crippen LogP contribution in [-0.2, 0) is 12.0 Å². The van der Waals surface area contributed by atoms with E-state index in [9.17, 15) is 5.26 Å². The molecule has 102 valence electrons. The molecule has 0 saturated heterocycles. The summed E-state index contributed by atoms with van der Waals surface area (Å²) in [6, 6.07) is 6.75. The predicted molar refractivity (Wildman–Crippen MR) is 82.7 cm³/mol. The number of nitrogens with zero attached hydrogens (tertiary/aromatic N) is 2. The van der Waals surface area contributed by atoms with Crippen molar-refractivity contribution in [3.8, 4) is 17.3 Å². The molecule has 0 spiro atoms. The Morgan fingerprint density at radius 1 is 1.65 bits per heavy atom. The summed E-state index contributed by atoms with van der Waals surface area (Å²) >= 11 is 1.78. The second kappa shape index (κ2) is 4.92. The van der Waals surface area contributed by atoms with Gasteiger partial charge in [0.15, 0.2) is 0 Å². The lowest BCUT2D eigenvalue weighted by Crippen LogP contribution is -2.14. The summed E-state index contributed by atoms with van der Waals surface area (Å²) in [7, 11) is 0. The van der Waals surface area contributed by atoms with Crippen LogP contribution in [0.25, 0.3) is 11.3 Å². The molecule has 0 amide bonds. The molecule has 2 aromatic heterocycles. The first-order chi connectivity index (χ1) is 9.69. The monoisotopic (exact) mass is 283 g/mol. The fourth-order valence-electron chi connectivity index (χ4n) is 2.82. The third-order valence-corrected chi connectivity index (χ3v) is 4.96. The average molecular weight is 283 g/mol. The van der Waals surface area contributed by atoms with E-state index >= 15 is 0 Å². The van der Waals surface area contributed by atoms with Crippen molar-refractivity contribution in [2.45, 2.75) is 30.2 Å². The standard InChI is InChI=1S/C16H17N3S/c1-3-8-20-13-9-14-16(2,11-17)5-7-19(14)15(13)12-4-6-18-10-12/h3-4,6,9-10,18H,1,5,7-8H2,2H3. The van der Waals surface area contributed by atoms with Crippen LogP contribution >= 0.6 is 11.8 Å². The number of hydrogen-bond donors (Lipinski definition) is 1. The van der Waals surface area contributed by atoms with E-state index in [1.807, 2.05) is 25.4 Å². The third kappa shape index (κ3) is 1.90. The Labute approximate surface area is 123 Å². The van der Waals surface area contributed by atoms with E-state index in [0.29, 0.717) is 0 Å². The van der Waals surface area contributed by atoms with Gasteiger partial charge in [-0.3, -0.25) is 0 Å². The van der Waals surface area contributed by atoms with Crippen LogP contribution in [0.4, 0.5) is 0 Å². The Morgan fingerprint density at radius 2 is 2.50 bits per heavy atom. The minimum absolute atomic E-state index is 0.363. The van der Waals surface area contributed by atoms with Gasteiger partial charge in [-0.25, -0.2) is 0 Å². The van der Waals surface area contributed by atoms with E-state index in [2.05, 4.69) is 34.3 Å². The van der Waals surface area contributed by atoms with Crippen LogP contribution in [0.1, 0.15) is 19.0 Å². The van der Waals surface area contributed by atoms with Crippen LogP contribution in [0.2, 0.25) is 0 Å². The van der Waals surface area contributed by atoms with Crippen LogP contribution in [-0.4, -0.2) is 15.3 Å². The molecule has 0 radical (unpaired) electrons. The Kier molecular flexibility index (Phi) is 3.23. The van der Waals surface area contributed by atoms with Crippen LogP contribution in [0.3, 0.4) is 0 Å². The van der Waals surface area contributed by atoms with E-state index in [1.165, 1.54) is 16.2 Å². The zero-order valence-electron chi connectivity index (χ0n) is 11.5. The van der Waals surface area contributed by atoms with Gasteiger partial charge in [-0.2, -0.15) is 5.26 Å². The summed E-state index contributed by atoms with van der Waals surface area (Å²) in [6.07, 6.45) is 6.76. The normalized spacial score (nSPS) is 20.6. The van der Waals surface area contributed by atoms with Crippen molar-refractivity contribution in [1.29, 1.82) is 5.26 Å². The van der Waals surface area contributed by atoms with Crippen LogP contribution in [0, 0.1) is 11.3 Å². The summed E-state index contributed by atoms with van der Waals surface area (Å²) < 4.78 is 2.30.